The van der Waals surface area contributed by atoms with Gasteiger partial charge in [-0.15, -0.1) is 24.0 Å². The van der Waals surface area contributed by atoms with Crippen LogP contribution in [-0.4, -0.2) is 51.7 Å². The first kappa shape index (κ1) is 27.5. The minimum absolute atomic E-state index is 0. The Balaban J connectivity index is 0.00000512. The fourth-order valence-corrected chi connectivity index (χ4v) is 3.13. The molecule has 0 fully saturated rings. The smallest absolute Gasteiger partial charge is 0.257 e. The van der Waals surface area contributed by atoms with Crippen LogP contribution in [-0.2, 0) is 11.3 Å². The molecule has 0 spiro atoms. The molecule has 0 aliphatic carbocycles. The van der Waals surface area contributed by atoms with Crippen molar-refractivity contribution in [3.8, 4) is 5.75 Å². The molecule has 2 aromatic rings. The molecule has 0 aromatic heterocycles. The Morgan fingerprint density at radius 1 is 1.03 bits per heavy atom. The van der Waals surface area contributed by atoms with Crippen LogP contribution in [0.3, 0.4) is 0 Å². The van der Waals surface area contributed by atoms with Gasteiger partial charge in [-0.05, 0) is 50.1 Å². The molecule has 176 valence electrons. The standard InChI is InChI=1S/C24H35N5O2.HI/c1-4-26-23(30)19-31-22-14-9-11-20(17-22)18-28-24(25-3)27-15-10-16-29(5-2)21-12-7-6-8-13-21;/h6-9,11-14,17H,4-5,10,15-16,18-19H2,1-3H3,(H,26,30)(H2,25,27,28);1H. The first-order chi connectivity index (χ1) is 15.2. The monoisotopic (exact) mass is 553 g/mol. The van der Waals surface area contributed by atoms with E-state index in [4.69, 9.17) is 4.74 Å². The SMILES string of the molecule is CCNC(=O)COc1cccc(CNC(=NC)NCCCN(CC)c2ccccc2)c1.I. The molecular weight excluding hydrogens is 517 g/mol. The van der Waals surface area contributed by atoms with E-state index in [2.05, 4.69) is 57.0 Å². The van der Waals surface area contributed by atoms with E-state index < -0.39 is 0 Å². The van der Waals surface area contributed by atoms with E-state index >= 15 is 0 Å². The third-order valence-corrected chi connectivity index (χ3v) is 4.73. The number of aliphatic imine (C=N–C) groups is 1. The van der Waals surface area contributed by atoms with Crippen molar-refractivity contribution in [2.75, 3.05) is 44.7 Å². The molecule has 0 saturated carbocycles. The molecule has 7 nitrogen and oxygen atoms in total. The molecule has 2 rings (SSSR count). The maximum Gasteiger partial charge on any atom is 0.257 e. The number of anilines is 1. The molecule has 32 heavy (non-hydrogen) atoms. The predicted molar refractivity (Wildman–Crippen MR) is 143 cm³/mol. The number of carbonyl (C=O) groups is 1. The van der Waals surface area contributed by atoms with Gasteiger partial charge in [-0.3, -0.25) is 9.79 Å². The normalized spacial score (nSPS) is 10.7. The summed E-state index contributed by atoms with van der Waals surface area (Å²) in [7, 11) is 1.77. The molecule has 2 aromatic carbocycles. The average molecular weight is 553 g/mol. The molecule has 3 N–H and O–H groups in total. The van der Waals surface area contributed by atoms with Crippen molar-refractivity contribution in [2.24, 2.45) is 4.99 Å². The largest absolute Gasteiger partial charge is 0.484 e. The summed E-state index contributed by atoms with van der Waals surface area (Å²) in [4.78, 5) is 18.2. The topological polar surface area (TPSA) is 78.0 Å². The number of likely N-dealkylation sites (N-methyl/N-ethyl adjacent to an activating group) is 1. The van der Waals surface area contributed by atoms with Crippen molar-refractivity contribution in [1.29, 1.82) is 0 Å². The Morgan fingerprint density at radius 3 is 2.50 bits per heavy atom. The Kier molecular flexibility index (Phi) is 13.9. The highest BCUT2D eigenvalue weighted by atomic mass is 127. The van der Waals surface area contributed by atoms with Crippen molar-refractivity contribution in [2.45, 2.75) is 26.8 Å². The Labute approximate surface area is 209 Å². The first-order valence-electron chi connectivity index (χ1n) is 10.9. The van der Waals surface area contributed by atoms with E-state index in [0.717, 1.165) is 37.6 Å². The van der Waals surface area contributed by atoms with E-state index in [9.17, 15) is 4.79 Å². The van der Waals surface area contributed by atoms with Gasteiger partial charge in [-0.1, -0.05) is 30.3 Å². The number of hydrogen-bond donors (Lipinski definition) is 3. The lowest BCUT2D eigenvalue weighted by Gasteiger charge is -2.23. The van der Waals surface area contributed by atoms with E-state index in [-0.39, 0.29) is 36.5 Å². The highest BCUT2D eigenvalue weighted by molar-refractivity contribution is 14.0. The maximum atomic E-state index is 11.5. The van der Waals surface area contributed by atoms with E-state index in [1.165, 1.54) is 5.69 Å². The average Bonchev–Trinajstić information content (AvgIpc) is 2.81. The zero-order chi connectivity index (χ0) is 22.3. The van der Waals surface area contributed by atoms with Crippen LogP contribution in [0.25, 0.3) is 0 Å². The summed E-state index contributed by atoms with van der Waals surface area (Å²) in [5.74, 6) is 1.31. The summed E-state index contributed by atoms with van der Waals surface area (Å²) < 4.78 is 5.55. The molecule has 0 aliphatic heterocycles. The molecule has 0 bridgehead atoms. The molecule has 0 aliphatic rings. The van der Waals surface area contributed by atoms with Crippen LogP contribution >= 0.6 is 24.0 Å². The molecule has 0 atom stereocenters. The second-order valence-electron chi connectivity index (χ2n) is 7.01. The number of nitrogens with zero attached hydrogens (tertiary/aromatic N) is 2. The third kappa shape index (κ3) is 10.2. The van der Waals surface area contributed by atoms with Crippen molar-refractivity contribution >= 4 is 41.5 Å². The van der Waals surface area contributed by atoms with Gasteiger partial charge in [0.15, 0.2) is 12.6 Å². The highest BCUT2D eigenvalue weighted by Gasteiger charge is 2.05. The van der Waals surface area contributed by atoms with Crippen LogP contribution in [0.1, 0.15) is 25.8 Å². The predicted octanol–water partition coefficient (Wildman–Crippen LogP) is 3.40. The highest BCUT2D eigenvalue weighted by Crippen LogP contribution is 2.14. The summed E-state index contributed by atoms with van der Waals surface area (Å²) in [6.07, 6.45) is 1.01. The lowest BCUT2D eigenvalue weighted by atomic mass is 10.2. The van der Waals surface area contributed by atoms with Gasteiger partial charge >= 0.3 is 0 Å². The van der Waals surface area contributed by atoms with Gasteiger partial charge in [0.25, 0.3) is 5.91 Å². The van der Waals surface area contributed by atoms with Crippen molar-refractivity contribution in [3.63, 3.8) is 0 Å². The molecule has 0 radical (unpaired) electrons. The van der Waals surface area contributed by atoms with Crippen LogP contribution in [0.4, 0.5) is 5.69 Å². The van der Waals surface area contributed by atoms with Crippen molar-refractivity contribution in [3.05, 3.63) is 60.2 Å². The van der Waals surface area contributed by atoms with Crippen molar-refractivity contribution < 1.29 is 9.53 Å². The zero-order valence-corrected chi connectivity index (χ0v) is 21.6. The van der Waals surface area contributed by atoms with Gasteiger partial charge in [0.1, 0.15) is 5.75 Å². The van der Waals surface area contributed by atoms with Gasteiger partial charge < -0.3 is 25.6 Å². The number of hydrogen-bond acceptors (Lipinski definition) is 4. The second-order valence-corrected chi connectivity index (χ2v) is 7.01. The molecule has 0 saturated heterocycles. The minimum atomic E-state index is -0.121. The van der Waals surface area contributed by atoms with Crippen molar-refractivity contribution in [1.82, 2.24) is 16.0 Å². The number of guanidine groups is 1. The Bertz CT molecular complexity index is 817. The molecule has 1 amide bonds. The van der Waals surface area contributed by atoms with Crippen LogP contribution in [0.2, 0.25) is 0 Å². The third-order valence-electron chi connectivity index (χ3n) is 4.73. The van der Waals surface area contributed by atoms with Gasteiger partial charge in [0, 0.05) is 45.5 Å². The number of halogens is 1. The molecular formula is C24H36IN5O2. The first-order valence-corrected chi connectivity index (χ1v) is 10.9. The Morgan fingerprint density at radius 2 is 1.81 bits per heavy atom. The lowest BCUT2D eigenvalue weighted by Crippen LogP contribution is -2.38. The van der Waals surface area contributed by atoms with E-state index in [0.29, 0.717) is 18.8 Å². The Hall–Kier alpha value is -2.49. The van der Waals surface area contributed by atoms with Gasteiger partial charge in [0.2, 0.25) is 0 Å². The summed E-state index contributed by atoms with van der Waals surface area (Å²) >= 11 is 0. The van der Waals surface area contributed by atoms with Gasteiger partial charge in [0.05, 0.1) is 0 Å². The summed E-state index contributed by atoms with van der Waals surface area (Å²) in [6, 6.07) is 18.2. The van der Waals surface area contributed by atoms with Crippen LogP contribution in [0, 0.1) is 0 Å². The fraction of sp³-hybridized carbons (Fsp3) is 0.417. The van der Waals surface area contributed by atoms with Gasteiger partial charge in [-0.25, -0.2) is 0 Å². The van der Waals surface area contributed by atoms with E-state index in [1.54, 1.807) is 7.05 Å². The molecule has 0 heterocycles. The molecule has 8 heteroatoms. The van der Waals surface area contributed by atoms with Crippen LogP contribution < -0.4 is 25.6 Å². The fourth-order valence-electron chi connectivity index (χ4n) is 3.13. The van der Waals surface area contributed by atoms with Crippen LogP contribution in [0.15, 0.2) is 59.6 Å². The van der Waals surface area contributed by atoms with E-state index in [1.807, 2.05) is 37.3 Å². The number of amides is 1. The number of rotatable bonds is 12. The number of nitrogens with one attached hydrogen (secondary N) is 3. The van der Waals surface area contributed by atoms with Gasteiger partial charge in [-0.2, -0.15) is 0 Å². The maximum absolute atomic E-state index is 11.5. The second kappa shape index (κ2) is 16.2. The lowest BCUT2D eigenvalue weighted by molar-refractivity contribution is -0.122. The summed E-state index contributed by atoms with van der Waals surface area (Å²) in [5.41, 5.74) is 2.30. The summed E-state index contributed by atoms with van der Waals surface area (Å²) in [6.45, 7) is 8.09. The molecule has 0 unspecified atom stereocenters. The van der Waals surface area contributed by atoms with Crippen LogP contribution in [0.5, 0.6) is 5.75 Å². The zero-order valence-electron chi connectivity index (χ0n) is 19.3. The number of ether oxygens (including phenoxy) is 1. The number of benzene rings is 2. The summed E-state index contributed by atoms with van der Waals surface area (Å²) in [5, 5.41) is 9.41. The quantitative estimate of drug-likeness (QED) is 0.163. The number of carbonyl (C=O) groups excluding carboxylic acids is 1. The number of para-hydroxylation sites is 1. The minimum Gasteiger partial charge on any atom is -0.484 e.